The number of nitrogens with zero attached hydrogens (tertiary/aromatic N) is 2. The van der Waals surface area contributed by atoms with E-state index in [0.717, 1.165) is 17.8 Å². The van der Waals surface area contributed by atoms with Crippen LogP contribution in [0.5, 0.6) is 0 Å². The van der Waals surface area contributed by atoms with Gasteiger partial charge in [0.15, 0.2) is 0 Å². The molecule has 0 saturated carbocycles. The van der Waals surface area contributed by atoms with Crippen LogP contribution in [0.15, 0.2) is 70.6 Å². The Hall–Kier alpha value is -2.17. The van der Waals surface area contributed by atoms with E-state index in [2.05, 4.69) is 23.8 Å². The number of para-hydroxylation sites is 2. The Balaban J connectivity index is 0.00000882. The van der Waals surface area contributed by atoms with Gasteiger partial charge in [0.25, 0.3) is 0 Å². The summed E-state index contributed by atoms with van der Waals surface area (Å²) in [6, 6.07) is 20.0. The molecule has 0 heterocycles. The van der Waals surface area contributed by atoms with E-state index in [9.17, 15) is 0 Å². The molecule has 2 aromatic carbocycles. The maximum atomic E-state index is 4.69. The molecule has 234 valence electrons. The van der Waals surface area contributed by atoms with E-state index >= 15 is 0 Å². The topological polar surface area (TPSA) is 24.7 Å². The molecule has 0 N–H and O–H groups in total. The summed E-state index contributed by atoms with van der Waals surface area (Å²) in [7, 11) is 0. The van der Waals surface area contributed by atoms with Gasteiger partial charge in [-0.2, -0.15) is 0 Å². The molecule has 0 aliphatic carbocycles. The van der Waals surface area contributed by atoms with Gasteiger partial charge in [0.2, 0.25) is 0 Å². The summed E-state index contributed by atoms with van der Waals surface area (Å²) in [4.78, 5) is 9.25. The molecule has 0 radical (unpaired) electrons. The van der Waals surface area contributed by atoms with E-state index in [1.165, 1.54) is 135 Å². The van der Waals surface area contributed by atoms with Gasteiger partial charge in [-0.25, -0.2) is 4.99 Å². The van der Waals surface area contributed by atoms with Crippen LogP contribution in [0.4, 0.5) is 11.4 Å². The molecule has 0 spiro atoms. The molecule has 0 aliphatic heterocycles. The van der Waals surface area contributed by atoms with E-state index in [1.54, 1.807) is 6.21 Å². The predicted molar refractivity (Wildman–Crippen MR) is 183 cm³/mol. The third kappa shape index (κ3) is 22.4. The van der Waals surface area contributed by atoms with Crippen molar-refractivity contribution in [2.45, 2.75) is 148 Å². The molecule has 0 unspecified atom stereocenters. The van der Waals surface area contributed by atoms with Crippen molar-refractivity contribution in [3.05, 3.63) is 60.7 Å². The van der Waals surface area contributed by atoms with Crippen molar-refractivity contribution in [2.75, 3.05) is 0 Å². The van der Waals surface area contributed by atoms with Crippen LogP contribution in [0.2, 0.25) is 0 Å². The monoisotopic (exact) mass is 612 g/mol. The summed E-state index contributed by atoms with van der Waals surface area (Å²) in [6.07, 6.45) is 32.4. The first-order valence-electron chi connectivity index (χ1n) is 17.1. The van der Waals surface area contributed by atoms with Crippen LogP contribution in [-0.4, -0.2) is 11.9 Å². The summed E-state index contributed by atoms with van der Waals surface area (Å²) >= 11 is 0. The smallest absolute Gasteiger partial charge is 0.132 e. The molecule has 0 amide bonds. The zero-order valence-corrected chi connectivity index (χ0v) is 27.6. The molecule has 42 heavy (non-hydrogen) atoms. The van der Waals surface area contributed by atoms with Gasteiger partial charge in [0, 0.05) is 22.9 Å². The number of aliphatic imine (C=N–C) groups is 2. The van der Waals surface area contributed by atoms with Crippen LogP contribution in [0.3, 0.4) is 0 Å². The van der Waals surface area contributed by atoms with Crippen molar-refractivity contribution < 1.29 is 16.5 Å². The predicted octanol–water partition coefficient (Wildman–Crippen LogP) is 12.8. The molecule has 0 fully saturated rings. The van der Waals surface area contributed by atoms with Crippen LogP contribution in [0.25, 0.3) is 0 Å². The van der Waals surface area contributed by atoms with E-state index in [4.69, 9.17) is 4.99 Å². The molecule has 0 atom stereocenters. The molecule has 0 aliphatic rings. The molecule has 0 aromatic heterocycles. The van der Waals surface area contributed by atoms with Crippen molar-refractivity contribution in [3.8, 4) is 11.8 Å². The average Bonchev–Trinajstić information content (AvgIpc) is 3.01. The molecule has 2 rings (SSSR count). The van der Waals surface area contributed by atoms with Crippen molar-refractivity contribution in [1.82, 2.24) is 0 Å². The Bertz CT molecular complexity index is 972. The van der Waals surface area contributed by atoms with E-state index in [0.29, 0.717) is 5.71 Å². The van der Waals surface area contributed by atoms with Crippen LogP contribution in [0, 0.1) is 11.8 Å². The van der Waals surface area contributed by atoms with E-state index in [1.807, 2.05) is 60.7 Å². The molecule has 2 aromatic rings. The van der Waals surface area contributed by atoms with Gasteiger partial charge in [0.05, 0.1) is 17.6 Å². The maximum absolute atomic E-state index is 4.69. The fourth-order valence-corrected chi connectivity index (χ4v) is 5.18. The fraction of sp³-hybridized carbons (Fsp3) is 0.590. The second kappa shape index (κ2) is 28.9. The van der Waals surface area contributed by atoms with Crippen LogP contribution < -0.4 is 0 Å². The van der Waals surface area contributed by atoms with Gasteiger partial charge >= 0.3 is 0 Å². The Morgan fingerprint density at radius 2 is 0.905 bits per heavy atom. The summed E-state index contributed by atoms with van der Waals surface area (Å²) in [5.74, 6) is 6.58. The summed E-state index contributed by atoms with van der Waals surface area (Å²) < 4.78 is 0. The van der Waals surface area contributed by atoms with Crippen molar-refractivity contribution >= 4 is 23.3 Å². The Labute approximate surface area is 269 Å². The minimum atomic E-state index is 0. The zero-order valence-electron chi connectivity index (χ0n) is 26.6. The zero-order chi connectivity index (χ0) is 28.9. The summed E-state index contributed by atoms with van der Waals surface area (Å²) in [6.45, 7) is 2.30. The van der Waals surface area contributed by atoms with Crippen LogP contribution in [-0.2, 0) is 16.5 Å². The number of rotatable bonds is 24. The minimum absolute atomic E-state index is 0. The standard InChI is InChI=1S/C39H58N2.Ni/c1-2-3-4-5-6-7-8-9-10-11-12-13-14-15-16-17-18-19-20-21-22-23-26-35-39(41-38-33-29-25-30-34-38)36-40-37-31-27-24-28-32-37;/h24-25,27-34,36H,2-23H2,1H3;. The van der Waals surface area contributed by atoms with Gasteiger partial charge in [-0.05, 0) is 36.6 Å². The number of hydrogen-bond donors (Lipinski definition) is 0. The van der Waals surface area contributed by atoms with Gasteiger partial charge in [-0.3, -0.25) is 4.99 Å². The number of unbranched alkanes of at least 4 members (excludes halogenated alkanes) is 21. The van der Waals surface area contributed by atoms with E-state index in [-0.39, 0.29) is 16.5 Å². The van der Waals surface area contributed by atoms with E-state index < -0.39 is 0 Å². The average molecular weight is 614 g/mol. The third-order valence-corrected chi connectivity index (χ3v) is 7.72. The van der Waals surface area contributed by atoms with Crippen molar-refractivity contribution in [1.29, 1.82) is 0 Å². The number of benzene rings is 2. The first-order chi connectivity index (χ1) is 20.4. The summed E-state index contributed by atoms with van der Waals surface area (Å²) in [5.41, 5.74) is 2.54. The third-order valence-electron chi connectivity index (χ3n) is 7.72. The van der Waals surface area contributed by atoms with Crippen LogP contribution in [0.1, 0.15) is 148 Å². The van der Waals surface area contributed by atoms with Crippen molar-refractivity contribution in [2.24, 2.45) is 9.98 Å². The molecular weight excluding hydrogens is 555 g/mol. The molecule has 0 bridgehead atoms. The minimum Gasteiger partial charge on any atom is -0.254 e. The molecule has 3 heteroatoms. The first-order valence-corrected chi connectivity index (χ1v) is 17.1. The van der Waals surface area contributed by atoms with Crippen LogP contribution >= 0.6 is 0 Å². The largest absolute Gasteiger partial charge is 0.254 e. The summed E-state index contributed by atoms with van der Waals surface area (Å²) in [5, 5.41) is 0. The molecule has 0 saturated heterocycles. The van der Waals surface area contributed by atoms with Crippen molar-refractivity contribution in [3.63, 3.8) is 0 Å². The normalized spacial score (nSPS) is 11.3. The van der Waals surface area contributed by atoms with Gasteiger partial charge in [0.1, 0.15) is 5.71 Å². The molecular formula is C39H58N2Ni. The van der Waals surface area contributed by atoms with Gasteiger partial charge < -0.3 is 0 Å². The van der Waals surface area contributed by atoms with Gasteiger partial charge in [-0.15, -0.1) is 0 Å². The fourth-order valence-electron chi connectivity index (χ4n) is 5.18. The number of hydrogen-bond acceptors (Lipinski definition) is 2. The Kier molecular flexibility index (Phi) is 26.1. The SMILES string of the molecule is CCCCCCCCCCCCCCCCCCCCCCCC#CC(C=Nc1ccccc1)=Nc1ccccc1.[Ni]. The second-order valence-electron chi connectivity index (χ2n) is 11.5. The Morgan fingerprint density at radius 3 is 1.33 bits per heavy atom. The maximum Gasteiger partial charge on any atom is 0.132 e. The Morgan fingerprint density at radius 1 is 0.524 bits per heavy atom. The second-order valence-corrected chi connectivity index (χ2v) is 11.5. The quantitative estimate of drug-likeness (QED) is 0.0487. The molecule has 2 nitrogen and oxygen atoms in total. The van der Waals surface area contributed by atoms with Gasteiger partial charge in [-0.1, -0.05) is 178 Å². The first kappa shape index (κ1) is 37.9.